The zero-order chi connectivity index (χ0) is 14.1. The summed E-state index contributed by atoms with van der Waals surface area (Å²) in [5, 5.41) is 27.2. The Balaban J connectivity index is 1.88. The summed E-state index contributed by atoms with van der Waals surface area (Å²) in [6.07, 6.45) is 1.68. The first-order valence-electron chi connectivity index (χ1n) is 6.56. The number of hydrogen-bond donors (Lipinski definition) is 2. The summed E-state index contributed by atoms with van der Waals surface area (Å²) in [6.45, 7) is 0.403. The summed E-state index contributed by atoms with van der Waals surface area (Å²) in [7, 11) is 0. The van der Waals surface area contributed by atoms with Gasteiger partial charge in [-0.1, -0.05) is 18.2 Å². The number of para-hydroxylation sites is 1. The van der Waals surface area contributed by atoms with Crippen molar-refractivity contribution < 1.29 is 15.0 Å². The lowest BCUT2D eigenvalue weighted by atomic mass is 9.99. The van der Waals surface area contributed by atoms with Gasteiger partial charge in [0.15, 0.2) is 0 Å². The van der Waals surface area contributed by atoms with Crippen LogP contribution in [0.1, 0.15) is 23.6 Å². The Kier molecular flexibility index (Phi) is 3.14. The third kappa shape index (κ3) is 2.24. The van der Waals surface area contributed by atoms with Crippen molar-refractivity contribution >= 4 is 5.97 Å². The van der Waals surface area contributed by atoms with Gasteiger partial charge in [0.05, 0.1) is 5.92 Å². The summed E-state index contributed by atoms with van der Waals surface area (Å²) in [5.74, 6) is 0.579. The van der Waals surface area contributed by atoms with Crippen molar-refractivity contribution in [3.63, 3.8) is 0 Å². The number of carboxylic acid groups (broad SMARTS) is 1. The Morgan fingerprint density at radius 1 is 1.35 bits per heavy atom. The standard InChI is InChI=1S/C14H15N3O3/c18-11-4-2-1-3-9(11)7-13-16-15-12-6-5-10(14(19)20)8-17(12)13/h1-4,10,18H,5-8H2,(H,19,20). The number of aromatic hydroxyl groups is 1. The first kappa shape index (κ1) is 12.7. The van der Waals surface area contributed by atoms with E-state index in [1.165, 1.54) is 0 Å². The quantitative estimate of drug-likeness (QED) is 0.877. The average Bonchev–Trinajstić information content (AvgIpc) is 2.84. The molecular formula is C14H15N3O3. The molecule has 104 valence electrons. The molecule has 1 aliphatic rings. The van der Waals surface area contributed by atoms with E-state index in [1.807, 2.05) is 16.7 Å². The van der Waals surface area contributed by atoms with E-state index in [4.69, 9.17) is 5.11 Å². The van der Waals surface area contributed by atoms with E-state index in [2.05, 4.69) is 10.2 Å². The normalized spacial score (nSPS) is 17.7. The molecule has 0 fully saturated rings. The van der Waals surface area contributed by atoms with Gasteiger partial charge in [-0.25, -0.2) is 0 Å². The summed E-state index contributed by atoms with van der Waals surface area (Å²) >= 11 is 0. The lowest BCUT2D eigenvalue weighted by molar-refractivity contribution is -0.142. The fraction of sp³-hybridized carbons (Fsp3) is 0.357. The van der Waals surface area contributed by atoms with Crippen LogP contribution in [-0.2, 0) is 24.2 Å². The number of benzene rings is 1. The fourth-order valence-corrected chi connectivity index (χ4v) is 2.55. The van der Waals surface area contributed by atoms with Crippen molar-refractivity contribution in [2.24, 2.45) is 5.92 Å². The SMILES string of the molecule is O=C(O)C1CCc2nnc(Cc3ccccc3O)n2C1. The second-order valence-corrected chi connectivity index (χ2v) is 5.02. The Morgan fingerprint density at radius 2 is 2.15 bits per heavy atom. The van der Waals surface area contributed by atoms with Crippen LogP contribution < -0.4 is 0 Å². The van der Waals surface area contributed by atoms with E-state index >= 15 is 0 Å². The molecule has 0 bridgehead atoms. The summed E-state index contributed by atoms with van der Waals surface area (Å²) in [5.41, 5.74) is 0.764. The number of nitrogens with zero attached hydrogens (tertiary/aromatic N) is 3. The molecule has 0 radical (unpaired) electrons. The minimum atomic E-state index is -0.780. The van der Waals surface area contributed by atoms with Gasteiger partial charge in [-0.15, -0.1) is 10.2 Å². The number of hydrogen-bond acceptors (Lipinski definition) is 4. The van der Waals surface area contributed by atoms with E-state index in [-0.39, 0.29) is 11.7 Å². The molecule has 0 amide bonds. The van der Waals surface area contributed by atoms with Crippen LogP contribution in [0.25, 0.3) is 0 Å². The van der Waals surface area contributed by atoms with Gasteiger partial charge in [0.2, 0.25) is 0 Å². The van der Waals surface area contributed by atoms with Crippen LogP contribution in [0.5, 0.6) is 5.75 Å². The number of phenolic OH excluding ortho intramolecular Hbond substituents is 1. The number of carboxylic acids is 1. The Labute approximate surface area is 115 Å². The molecule has 1 aromatic heterocycles. The highest BCUT2D eigenvalue weighted by molar-refractivity contribution is 5.70. The van der Waals surface area contributed by atoms with Gasteiger partial charge >= 0.3 is 5.97 Å². The average molecular weight is 273 g/mol. The van der Waals surface area contributed by atoms with Crippen molar-refractivity contribution in [3.05, 3.63) is 41.5 Å². The Bertz CT molecular complexity index is 651. The number of carbonyl (C=O) groups is 1. The first-order valence-corrected chi connectivity index (χ1v) is 6.56. The molecule has 6 heteroatoms. The smallest absolute Gasteiger partial charge is 0.308 e. The van der Waals surface area contributed by atoms with E-state index in [0.717, 1.165) is 11.4 Å². The zero-order valence-electron chi connectivity index (χ0n) is 10.9. The Hall–Kier alpha value is -2.37. The second-order valence-electron chi connectivity index (χ2n) is 5.02. The molecule has 3 rings (SSSR count). The van der Waals surface area contributed by atoms with Crippen LogP contribution >= 0.6 is 0 Å². The molecule has 1 aliphatic heterocycles. The summed E-state index contributed by atoms with van der Waals surface area (Å²) < 4.78 is 1.87. The molecule has 1 unspecified atom stereocenters. The maximum absolute atomic E-state index is 11.1. The number of rotatable bonds is 3. The number of aromatic nitrogens is 3. The van der Waals surface area contributed by atoms with Crippen LogP contribution in [0.2, 0.25) is 0 Å². The topological polar surface area (TPSA) is 88.2 Å². The number of aliphatic carboxylic acids is 1. The van der Waals surface area contributed by atoms with E-state index < -0.39 is 5.97 Å². The highest BCUT2D eigenvalue weighted by Gasteiger charge is 2.27. The van der Waals surface area contributed by atoms with Crippen LogP contribution in [0.4, 0.5) is 0 Å². The van der Waals surface area contributed by atoms with Crippen LogP contribution in [0.3, 0.4) is 0 Å². The molecule has 2 aromatic rings. The number of fused-ring (bicyclic) bond motifs is 1. The van der Waals surface area contributed by atoms with Gasteiger partial charge < -0.3 is 14.8 Å². The number of aryl methyl sites for hydroxylation is 1. The molecule has 0 aliphatic carbocycles. The van der Waals surface area contributed by atoms with E-state index in [1.54, 1.807) is 12.1 Å². The maximum atomic E-state index is 11.1. The van der Waals surface area contributed by atoms with E-state index in [9.17, 15) is 9.90 Å². The van der Waals surface area contributed by atoms with Crippen molar-refractivity contribution in [1.29, 1.82) is 0 Å². The van der Waals surface area contributed by atoms with Crippen molar-refractivity contribution in [2.45, 2.75) is 25.8 Å². The Morgan fingerprint density at radius 3 is 2.90 bits per heavy atom. The minimum absolute atomic E-state index is 0.218. The largest absolute Gasteiger partial charge is 0.508 e. The zero-order valence-corrected chi connectivity index (χ0v) is 10.9. The molecular weight excluding hydrogens is 258 g/mol. The number of phenols is 1. The molecule has 2 N–H and O–H groups in total. The molecule has 1 aromatic carbocycles. The van der Waals surface area contributed by atoms with Gasteiger partial charge in [-0.3, -0.25) is 4.79 Å². The molecule has 0 spiro atoms. The summed E-state index contributed by atoms with van der Waals surface area (Å²) in [6, 6.07) is 7.07. The predicted octanol–water partition coefficient (Wildman–Crippen LogP) is 1.22. The molecule has 0 saturated heterocycles. The van der Waals surface area contributed by atoms with E-state index in [0.29, 0.717) is 31.6 Å². The molecule has 6 nitrogen and oxygen atoms in total. The fourth-order valence-electron chi connectivity index (χ4n) is 2.55. The summed E-state index contributed by atoms with van der Waals surface area (Å²) in [4.78, 5) is 11.1. The highest BCUT2D eigenvalue weighted by atomic mass is 16.4. The predicted molar refractivity (Wildman–Crippen MR) is 70.4 cm³/mol. The van der Waals surface area contributed by atoms with Crippen molar-refractivity contribution in [2.75, 3.05) is 0 Å². The first-order chi connectivity index (χ1) is 9.65. The molecule has 0 saturated carbocycles. The van der Waals surface area contributed by atoms with Gasteiger partial charge in [-0.2, -0.15) is 0 Å². The minimum Gasteiger partial charge on any atom is -0.508 e. The molecule has 2 heterocycles. The maximum Gasteiger partial charge on any atom is 0.308 e. The van der Waals surface area contributed by atoms with Gasteiger partial charge in [0, 0.05) is 24.9 Å². The lowest BCUT2D eigenvalue weighted by Gasteiger charge is -2.21. The van der Waals surface area contributed by atoms with Gasteiger partial charge in [-0.05, 0) is 12.5 Å². The third-order valence-corrected chi connectivity index (χ3v) is 3.71. The van der Waals surface area contributed by atoms with Crippen molar-refractivity contribution in [3.8, 4) is 5.75 Å². The van der Waals surface area contributed by atoms with Gasteiger partial charge in [0.1, 0.15) is 17.4 Å². The molecule has 1 atom stereocenters. The van der Waals surface area contributed by atoms with Crippen LogP contribution in [0, 0.1) is 5.92 Å². The van der Waals surface area contributed by atoms with Crippen LogP contribution in [-0.4, -0.2) is 30.9 Å². The molecule has 20 heavy (non-hydrogen) atoms. The third-order valence-electron chi connectivity index (χ3n) is 3.71. The van der Waals surface area contributed by atoms with Gasteiger partial charge in [0.25, 0.3) is 0 Å². The highest BCUT2D eigenvalue weighted by Crippen LogP contribution is 2.24. The van der Waals surface area contributed by atoms with Crippen LogP contribution in [0.15, 0.2) is 24.3 Å². The second kappa shape index (κ2) is 4.96. The monoisotopic (exact) mass is 273 g/mol. The van der Waals surface area contributed by atoms with Crippen molar-refractivity contribution in [1.82, 2.24) is 14.8 Å². The lowest BCUT2D eigenvalue weighted by Crippen LogP contribution is -2.27.